The van der Waals surface area contributed by atoms with Gasteiger partial charge in [-0.15, -0.1) is 5.10 Å². The molecule has 2 unspecified atom stereocenters. The Morgan fingerprint density at radius 3 is 2.48 bits per heavy atom. The topological polar surface area (TPSA) is 74.8 Å². The standard InChI is InChI=1S/C19H21N5O/c20-13-15-3-1-14(2-4-15)5-8-19(25)24-16-6-7-17(24)12-18(11-16)23-10-9-21-22-23/h1-4,9-10,16-18H,5-8,11-12H2. The van der Waals surface area contributed by atoms with Crippen molar-refractivity contribution in [1.29, 1.82) is 5.26 Å². The molecule has 0 spiro atoms. The van der Waals surface area contributed by atoms with Gasteiger partial charge >= 0.3 is 0 Å². The second-order valence-corrected chi connectivity index (χ2v) is 7.00. The molecule has 1 amide bonds. The highest BCUT2D eigenvalue weighted by Crippen LogP contribution is 2.40. The van der Waals surface area contributed by atoms with Crippen LogP contribution in [-0.2, 0) is 11.2 Å². The van der Waals surface area contributed by atoms with E-state index in [9.17, 15) is 4.79 Å². The first kappa shape index (κ1) is 15.8. The molecule has 2 fully saturated rings. The number of fused-ring (bicyclic) bond motifs is 2. The molecule has 1 aromatic carbocycles. The lowest BCUT2D eigenvalue weighted by molar-refractivity contribution is -0.136. The third-order valence-corrected chi connectivity index (χ3v) is 5.52. The van der Waals surface area contributed by atoms with Crippen molar-refractivity contribution < 1.29 is 4.79 Å². The van der Waals surface area contributed by atoms with Crippen molar-refractivity contribution in [2.24, 2.45) is 0 Å². The normalized spacial score (nSPS) is 24.9. The van der Waals surface area contributed by atoms with Gasteiger partial charge in [-0.3, -0.25) is 4.79 Å². The van der Waals surface area contributed by atoms with Gasteiger partial charge in [0.05, 0.1) is 23.9 Å². The van der Waals surface area contributed by atoms with Crippen molar-refractivity contribution >= 4 is 5.91 Å². The molecule has 3 heterocycles. The van der Waals surface area contributed by atoms with Crippen LogP contribution >= 0.6 is 0 Å². The van der Waals surface area contributed by atoms with Crippen LogP contribution in [0.2, 0.25) is 0 Å². The summed E-state index contributed by atoms with van der Waals surface area (Å²) in [6.07, 6.45) is 9.05. The third kappa shape index (κ3) is 3.14. The molecular weight excluding hydrogens is 314 g/mol. The van der Waals surface area contributed by atoms with Crippen LogP contribution in [0.25, 0.3) is 0 Å². The lowest BCUT2D eigenvalue weighted by Crippen LogP contribution is -2.47. The Kier molecular flexibility index (Phi) is 4.22. The van der Waals surface area contributed by atoms with Gasteiger partial charge in [0.15, 0.2) is 0 Å². The Labute approximate surface area is 147 Å². The molecule has 6 nitrogen and oxygen atoms in total. The minimum atomic E-state index is 0.258. The molecule has 4 rings (SSSR count). The van der Waals surface area contributed by atoms with Gasteiger partial charge in [0.2, 0.25) is 5.91 Å². The maximum Gasteiger partial charge on any atom is 0.223 e. The van der Waals surface area contributed by atoms with Crippen molar-refractivity contribution in [3.05, 3.63) is 47.8 Å². The van der Waals surface area contributed by atoms with Gasteiger partial charge in [0.1, 0.15) is 0 Å². The molecule has 2 bridgehead atoms. The summed E-state index contributed by atoms with van der Waals surface area (Å²) >= 11 is 0. The summed E-state index contributed by atoms with van der Waals surface area (Å²) in [5.74, 6) is 0.258. The SMILES string of the molecule is N#Cc1ccc(CCC(=O)N2C3CCC2CC(n2ccnn2)C3)cc1. The van der Waals surface area contributed by atoms with E-state index in [2.05, 4.69) is 21.3 Å². The Bertz CT molecular complexity index is 763. The van der Waals surface area contributed by atoms with Gasteiger partial charge in [-0.1, -0.05) is 17.3 Å². The fraction of sp³-hybridized carbons (Fsp3) is 0.474. The summed E-state index contributed by atoms with van der Waals surface area (Å²) in [5.41, 5.74) is 1.76. The van der Waals surface area contributed by atoms with E-state index in [-0.39, 0.29) is 5.91 Å². The number of carbonyl (C=O) groups is 1. The Hall–Kier alpha value is -2.68. The van der Waals surface area contributed by atoms with E-state index in [0.29, 0.717) is 30.1 Å². The van der Waals surface area contributed by atoms with E-state index < -0.39 is 0 Å². The average Bonchev–Trinajstić information content (AvgIpc) is 3.27. The molecule has 2 aliphatic heterocycles. The largest absolute Gasteiger partial charge is 0.337 e. The molecule has 2 aromatic rings. The van der Waals surface area contributed by atoms with Gasteiger partial charge in [-0.25, -0.2) is 4.68 Å². The highest BCUT2D eigenvalue weighted by atomic mass is 16.2. The zero-order valence-electron chi connectivity index (χ0n) is 14.1. The molecule has 0 saturated carbocycles. The predicted octanol–water partition coefficient (Wildman–Crippen LogP) is 2.48. The van der Waals surface area contributed by atoms with E-state index in [1.54, 1.807) is 6.20 Å². The highest BCUT2D eigenvalue weighted by Gasteiger charge is 2.43. The summed E-state index contributed by atoms with van der Waals surface area (Å²) in [6.45, 7) is 0. The Morgan fingerprint density at radius 2 is 1.88 bits per heavy atom. The number of nitrogens with zero attached hydrogens (tertiary/aromatic N) is 5. The Morgan fingerprint density at radius 1 is 1.16 bits per heavy atom. The van der Waals surface area contributed by atoms with Crippen molar-refractivity contribution in [1.82, 2.24) is 19.9 Å². The molecule has 2 aliphatic rings. The molecule has 0 N–H and O–H groups in total. The minimum Gasteiger partial charge on any atom is -0.337 e. The van der Waals surface area contributed by atoms with Crippen LogP contribution in [0.5, 0.6) is 0 Å². The molecule has 1 aromatic heterocycles. The van der Waals surface area contributed by atoms with Crippen LogP contribution in [0.1, 0.15) is 49.3 Å². The first-order chi connectivity index (χ1) is 12.2. The first-order valence-electron chi connectivity index (χ1n) is 8.90. The minimum absolute atomic E-state index is 0.258. The summed E-state index contributed by atoms with van der Waals surface area (Å²) in [5, 5.41) is 16.9. The van der Waals surface area contributed by atoms with E-state index in [4.69, 9.17) is 5.26 Å². The Balaban J connectivity index is 1.37. The van der Waals surface area contributed by atoms with Crippen molar-refractivity contribution in [3.8, 4) is 6.07 Å². The molecule has 2 atom stereocenters. The number of amides is 1. The quantitative estimate of drug-likeness (QED) is 0.860. The van der Waals surface area contributed by atoms with Crippen molar-refractivity contribution in [3.63, 3.8) is 0 Å². The average molecular weight is 335 g/mol. The maximum absolute atomic E-state index is 12.8. The van der Waals surface area contributed by atoms with Crippen LogP contribution < -0.4 is 0 Å². The van der Waals surface area contributed by atoms with E-state index >= 15 is 0 Å². The number of rotatable bonds is 4. The zero-order valence-corrected chi connectivity index (χ0v) is 14.1. The van der Waals surface area contributed by atoms with E-state index in [0.717, 1.165) is 37.7 Å². The fourth-order valence-corrected chi connectivity index (χ4v) is 4.31. The second kappa shape index (κ2) is 6.67. The van der Waals surface area contributed by atoms with E-state index in [1.165, 1.54) is 0 Å². The number of hydrogen-bond acceptors (Lipinski definition) is 4. The number of aromatic nitrogens is 3. The van der Waals surface area contributed by atoms with Crippen LogP contribution in [0.3, 0.4) is 0 Å². The smallest absolute Gasteiger partial charge is 0.223 e. The van der Waals surface area contributed by atoms with Gasteiger partial charge in [-0.2, -0.15) is 5.26 Å². The van der Waals surface area contributed by atoms with Crippen LogP contribution in [-0.4, -0.2) is 37.9 Å². The van der Waals surface area contributed by atoms with Gasteiger partial charge < -0.3 is 4.90 Å². The summed E-state index contributed by atoms with van der Waals surface area (Å²) < 4.78 is 1.95. The first-order valence-corrected chi connectivity index (χ1v) is 8.90. The van der Waals surface area contributed by atoms with Gasteiger partial charge in [0, 0.05) is 24.7 Å². The lowest BCUT2D eigenvalue weighted by Gasteiger charge is -2.39. The number of piperidine rings is 1. The van der Waals surface area contributed by atoms with Crippen molar-refractivity contribution in [2.45, 2.75) is 56.7 Å². The molecule has 2 saturated heterocycles. The van der Waals surface area contributed by atoms with Crippen LogP contribution in [0, 0.1) is 11.3 Å². The van der Waals surface area contributed by atoms with Crippen LogP contribution in [0.4, 0.5) is 0 Å². The number of aryl methyl sites for hydroxylation is 1. The van der Waals surface area contributed by atoms with Gasteiger partial charge in [-0.05, 0) is 49.8 Å². The number of nitriles is 1. The fourth-order valence-electron chi connectivity index (χ4n) is 4.31. The van der Waals surface area contributed by atoms with Crippen LogP contribution in [0.15, 0.2) is 36.7 Å². The number of carbonyl (C=O) groups excluding carboxylic acids is 1. The molecule has 25 heavy (non-hydrogen) atoms. The zero-order chi connectivity index (χ0) is 17.2. The van der Waals surface area contributed by atoms with Gasteiger partial charge in [0.25, 0.3) is 0 Å². The maximum atomic E-state index is 12.8. The summed E-state index contributed by atoms with van der Waals surface area (Å²) in [7, 11) is 0. The van der Waals surface area contributed by atoms with E-state index in [1.807, 2.05) is 35.1 Å². The number of hydrogen-bond donors (Lipinski definition) is 0. The molecule has 6 heteroatoms. The summed E-state index contributed by atoms with van der Waals surface area (Å²) in [6, 6.07) is 10.7. The summed E-state index contributed by atoms with van der Waals surface area (Å²) in [4.78, 5) is 14.9. The molecule has 0 aliphatic carbocycles. The highest BCUT2D eigenvalue weighted by molar-refractivity contribution is 5.77. The number of benzene rings is 1. The molecule has 0 radical (unpaired) electrons. The predicted molar refractivity (Wildman–Crippen MR) is 91.4 cm³/mol. The molecular formula is C19H21N5O. The monoisotopic (exact) mass is 335 g/mol. The second-order valence-electron chi connectivity index (χ2n) is 7.00. The molecule has 128 valence electrons. The van der Waals surface area contributed by atoms with Crippen molar-refractivity contribution in [2.75, 3.05) is 0 Å². The lowest BCUT2D eigenvalue weighted by atomic mass is 9.96. The third-order valence-electron chi connectivity index (χ3n) is 5.52.